The topological polar surface area (TPSA) is 75.5 Å². The Morgan fingerprint density at radius 3 is 2.44 bits per heavy atom. The number of likely N-dealkylation sites (tertiary alicyclic amines) is 1. The molecule has 1 fully saturated rings. The van der Waals surface area contributed by atoms with E-state index in [1.54, 1.807) is 6.07 Å². The number of rotatable bonds is 5. The summed E-state index contributed by atoms with van der Waals surface area (Å²) in [4.78, 5) is 25.5. The zero-order chi connectivity index (χ0) is 19.4. The summed E-state index contributed by atoms with van der Waals surface area (Å²) < 4.78 is 0. The first-order chi connectivity index (χ1) is 12.9. The molecule has 1 saturated heterocycles. The Bertz CT molecular complexity index is 825. The van der Waals surface area contributed by atoms with Gasteiger partial charge < -0.3 is 5.32 Å². The van der Waals surface area contributed by atoms with E-state index in [1.807, 2.05) is 6.92 Å². The summed E-state index contributed by atoms with van der Waals surface area (Å²) in [7, 11) is 0. The first kappa shape index (κ1) is 19.0. The number of nitrogens with one attached hydrogen (secondary N) is 1. The Hall–Kier alpha value is -2.73. The molecule has 1 heterocycles. The molecule has 1 N–H and O–H groups in total. The summed E-state index contributed by atoms with van der Waals surface area (Å²) in [5, 5.41) is 13.8. The second-order valence-electron chi connectivity index (χ2n) is 7.28. The van der Waals surface area contributed by atoms with Crippen LogP contribution in [0.3, 0.4) is 0 Å². The second-order valence-corrected chi connectivity index (χ2v) is 7.28. The maximum atomic E-state index is 12.6. The van der Waals surface area contributed by atoms with Crippen LogP contribution in [0.5, 0.6) is 0 Å². The minimum atomic E-state index is -0.446. The Kier molecular flexibility index (Phi) is 5.86. The standard InChI is InChI=1S/C21H25N3O3/c1-15-3-6-17(7-4-15)14-23-11-9-18(10-12-23)21(25)22-20-13-19(24(26)27)8-5-16(20)2/h3-8,13,18H,9-12,14H2,1-2H3,(H,22,25). The predicted octanol–water partition coefficient (Wildman–Crippen LogP) is 4.06. The van der Waals surface area contributed by atoms with Crippen LogP contribution < -0.4 is 5.32 Å². The Morgan fingerprint density at radius 2 is 1.81 bits per heavy atom. The second kappa shape index (κ2) is 8.31. The summed E-state index contributed by atoms with van der Waals surface area (Å²) in [6.45, 7) is 6.57. The Morgan fingerprint density at radius 1 is 1.15 bits per heavy atom. The molecule has 0 radical (unpaired) electrons. The highest BCUT2D eigenvalue weighted by molar-refractivity contribution is 5.93. The third-order valence-electron chi connectivity index (χ3n) is 5.17. The van der Waals surface area contributed by atoms with Crippen LogP contribution in [0.1, 0.15) is 29.5 Å². The smallest absolute Gasteiger partial charge is 0.271 e. The van der Waals surface area contributed by atoms with Gasteiger partial charge in [-0.25, -0.2) is 0 Å². The molecule has 2 aromatic carbocycles. The van der Waals surface area contributed by atoms with Gasteiger partial charge in [-0.05, 0) is 50.9 Å². The van der Waals surface area contributed by atoms with Crippen LogP contribution in [0.25, 0.3) is 0 Å². The number of amides is 1. The van der Waals surface area contributed by atoms with Crippen molar-refractivity contribution in [2.24, 2.45) is 5.92 Å². The lowest BCUT2D eigenvalue weighted by Gasteiger charge is -2.31. The predicted molar refractivity (Wildman–Crippen MR) is 106 cm³/mol. The van der Waals surface area contributed by atoms with Gasteiger partial charge in [0.1, 0.15) is 0 Å². The molecular formula is C21H25N3O3. The van der Waals surface area contributed by atoms with E-state index in [9.17, 15) is 14.9 Å². The molecule has 0 atom stereocenters. The summed E-state index contributed by atoms with van der Waals surface area (Å²) >= 11 is 0. The first-order valence-corrected chi connectivity index (χ1v) is 9.26. The number of aryl methyl sites for hydroxylation is 2. The molecule has 0 spiro atoms. The summed E-state index contributed by atoms with van der Waals surface area (Å²) in [6, 6.07) is 13.1. The molecule has 1 amide bonds. The first-order valence-electron chi connectivity index (χ1n) is 9.26. The molecule has 27 heavy (non-hydrogen) atoms. The summed E-state index contributed by atoms with van der Waals surface area (Å²) in [6.07, 6.45) is 1.59. The number of non-ortho nitro benzene ring substituents is 1. The molecule has 0 aromatic heterocycles. The van der Waals surface area contributed by atoms with Gasteiger partial charge >= 0.3 is 0 Å². The van der Waals surface area contributed by atoms with E-state index in [0.717, 1.165) is 38.0 Å². The van der Waals surface area contributed by atoms with Crippen LogP contribution >= 0.6 is 0 Å². The lowest BCUT2D eigenvalue weighted by molar-refractivity contribution is -0.384. The number of nitro benzene ring substituents is 1. The van der Waals surface area contributed by atoms with Crippen LogP contribution in [0.2, 0.25) is 0 Å². The molecule has 3 rings (SSSR count). The largest absolute Gasteiger partial charge is 0.325 e. The van der Waals surface area contributed by atoms with Gasteiger partial charge in [0.15, 0.2) is 0 Å². The number of benzene rings is 2. The normalized spacial score (nSPS) is 15.5. The number of piperidine rings is 1. The van der Waals surface area contributed by atoms with Crippen molar-refractivity contribution in [3.63, 3.8) is 0 Å². The van der Waals surface area contributed by atoms with Gasteiger partial charge in [0.25, 0.3) is 5.69 Å². The van der Waals surface area contributed by atoms with E-state index in [4.69, 9.17) is 0 Å². The van der Waals surface area contributed by atoms with E-state index < -0.39 is 4.92 Å². The minimum Gasteiger partial charge on any atom is -0.325 e. The van der Waals surface area contributed by atoms with Crippen molar-refractivity contribution in [1.82, 2.24) is 4.90 Å². The molecule has 0 unspecified atom stereocenters. The minimum absolute atomic E-state index is 0.0104. The third kappa shape index (κ3) is 4.92. The lowest BCUT2D eigenvalue weighted by Crippen LogP contribution is -2.37. The number of hydrogen-bond donors (Lipinski definition) is 1. The Labute approximate surface area is 159 Å². The molecule has 1 aliphatic heterocycles. The average molecular weight is 367 g/mol. The zero-order valence-corrected chi connectivity index (χ0v) is 15.8. The lowest BCUT2D eigenvalue weighted by atomic mass is 9.95. The fourth-order valence-corrected chi connectivity index (χ4v) is 3.40. The van der Waals surface area contributed by atoms with Crippen LogP contribution in [0.15, 0.2) is 42.5 Å². The van der Waals surface area contributed by atoms with Crippen molar-refractivity contribution in [3.8, 4) is 0 Å². The summed E-state index contributed by atoms with van der Waals surface area (Å²) in [5.74, 6) is -0.105. The fourth-order valence-electron chi connectivity index (χ4n) is 3.40. The molecule has 142 valence electrons. The van der Waals surface area contributed by atoms with Crippen molar-refractivity contribution < 1.29 is 9.72 Å². The number of hydrogen-bond acceptors (Lipinski definition) is 4. The number of anilines is 1. The number of nitrogens with zero attached hydrogens (tertiary/aromatic N) is 2. The van der Waals surface area contributed by atoms with Crippen molar-refractivity contribution in [3.05, 3.63) is 69.3 Å². The molecular weight excluding hydrogens is 342 g/mol. The molecule has 1 aliphatic rings. The SMILES string of the molecule is Cc1ccc(CN2CCC(C(=O)Nc3cc([N+](=O)[O-])ccc3C)CC2)cc1. The van der Waals surface area contributed by atoms with Gasteiger partial charge in [-0.15, -0.1) is 0 Å². The van der Waals surface area contributed by atoms with E-state index in [2.05, 4.69) is 41.4 Å². The van der Waals surface area contributed by atoms with Gasteiger partial charge in [0, 0.05) is 24.6 Å². The highest BCUT2D eigenvalue weighted by Gasteiger charge is 2.25. The number of carbonyl (C=O) groups excluding carboxylic acids is 1. The molecule has 0 aliphatic carbocycles. The van der Waals surface area contributed by atoms with E-state index in [1.165, 1.54) is 23.3 Å². The highest BCUT2D eigenvalue weighted by atomic mass is 16.6. The van der Waals surface area contributed by atoms with Crippen LogP contribution in [0, 0.1) is 29.9 Å². The van der Waals surface area contributed by atoms with Crippen LogP contribution in [0.4, 0.5) is 11.4 Å². The van der Waals surface area contributed by atoms with Crippen molar-refractivity contribution in [1.29, 1.82) is 0 Å². The molecule has 2 aromatic rings. The van der Waals surface area contributed by atoms with E-state index in [-0.39, 0.29) is 17.5 Å². The molecule has 6 heteroatoms. The quantitative estimate of drug-likeness (QED) is 0.639. The summed E-state index contributed by atoms with van der Waals surface area (Å²) in [5.41, 5.74) is 3.88. The molecule has 0 saturated carbocycles. The van der Waals surface area contributed by atoms with Crippen molar-refractivity contribution in [2.45, 2.75) is 33.2 Å². The van der Waals surface area contributed by atoms with Gasteiger partial charge in [-0.1, -0.05) is 35.9 Å². The number of carbonyl (C=O) groups is 1. The zero-order valence-electron chi connectivity index (χ0n) is 15.8. The van der Waals surface area contributed by atoms with Crippen LogP contribution in [-0.2, 0) is 11.3 Å². The van der Waals surface area contributed by atoms with Gasteiger partial charge in [-0.2, -0.15) is 0 Å². The monoisotopic (exact) mass is 367 g/mol. The highest BCUT2D eigenvalue weighted by Crippen LogP contribution is 2.25. The van der Waals surface area contributed by atoms with Crippen LogP contribution in [-0.4, -0.2) is 28.8 Å². The van der Waals surface area contributed by atoms with Gasteiger partial charge in [-0.3, -0.25) is 19.8 Å². The van der Waals surface area contributed by atoms with Crippen molar-refractivity contribution >= 4 is 17.3 Å². The fraction of sp³-hybridized carbons (Fsp3) is 0.381. The average Bonchev–Trinajstić information content (AvgIpc) is 2.65. The Balaban J connectivity index is 1.55. The molecule has 6 nitrogen and oxygen atoms in total. The van der Waals surface area contributed by atoms with Gasteiger partial charge in [0.2, 0.25) is 5.91 Å². The maximum Gasteiger partial charge on any atom is 0.271 e. The molecule has 0 bridgehead atoms. The maximum absolute atomic E-state index is 12.6. The number of nitro groups is 1. The third-order valence-corrected chi connectivity index (χ3v) is 5.17. The van der Waals surface area contributed by atoms with E-state index >= 15 is 0 Å². The van der Waals surface area contributed by atoms with Gasteiger partial charge in [0.05, 0.1) is 10.6 Å². The van der Waals surface area contributed by atoms with Crippen molar-refractivity contribution in [2.75, 3.05) is 18.4 Å². The van der Waals surface area contributed by atoms with E-state index in [0.29, 0.717) is 5.69 Å².